The average molecular weight is 297 g/mol. The normalized spacial score (nSPS) is 17.9. The van der Waals surface area contributed by atoms with Gasteiger partial charge in [-0.1, -0.05) is 6.07 Å². The van der Waals surface area contributed by atoms with E-state index in [2.05, 4.69) is 6.07 Å². The first kappa shape index (κ1) is 15.0. The van der Waals surface area contributed by atoms with E-state index >= 15 is 0 Å². The molecule has 1 aromatic heterocycles. The number of likely N-dealkylation sites (tertiary alicyclic amines) is 1. The molecule has 20 heavy (non-hydrogen) atoms. The molecular weight excluding hydrogens is 278 g/mol. The first-order valence-electron chi connectivity index (χ1n) is 6.77. The van der Waals surface area contributed by atoms with Crippen LogP contribution in [0.2, 0.25) is 0 Å². The highest BCUT2D eigenvalue weighted by Crippen LogP contribution is 2.23. The largest absolute Gasteiger partial charge is 0.479 e. The molecule has 0 aliphatic carbocycles. The highest BCUT2D eigenvalue weighted by Gasteiger charge is 2.40. The second-order valence-corrected chi connectivity index (χ2v) is 6.18. The Bertz CT molecular complexity index is 464. The van der Waals surface area contributed by atoms with Gasteiger partial charge in [0, 0.05) is 37.2 Å². The minimum Gasteiger partial charge on any atom is -0.479 e. The number of aliphatic carboxylic acids is 1. The molecule has 1 aliphatic heterocycles. The molecule has 0 spiro atoms. The predicted molar refractivity (Wildman–Crippen MR) is 75.7 cm³/mol. The number of aryl methyl sites for hydroxylation is 1. The molecule has 110 valence electrons. The summed E-state index contributed by atoms with van der Waals surface area (Å²) in [5.41, 5.74) is -1.66. The zero-order chi connectivity index (χ0) is 14.6. The van der Waals surface area contributed by atoms with E-state index in [1.54, 1.807) is 16.2 Å². The van der Waals surface area contributed by atoms with E-state index in [4.69, 9.17) is 5.11 Å². The Morgan fingerprint density at radius 3 is 2.60 bits per heavy atom. The second kappa shape index (κ2) is 6.37. The summed E-state index contributed by atoms with van der Waals surface area (Å²) < 4.78 is 0. The Morgan fingerprint density at radius 1 is 1.35 bits per heavy atom. The van der Waals surface area contributed by atoms with Crippen LogP contribution in [0.15, 0.2) is 17.5 Å². The molecule has 0 saturated carbocycles. The minimum absolute atomic E-state index is 0.0500. The minimum atomic E-state index is -1.66. The van der Waals surface area contributed by atoms with Gasteiger partial charge in [0.2, 0.25) is 5.91 Å². The van der Waals surface area contributed by atoms with Crippen molar-refractivity contribution in [3.63, 3.8) is 0 Å². The van der Waals surface area contributed by atoms with Crippen molar-refractivity contribution in [1.29, 1.82) is 0 Å². The summed E-state index contributed by atoms with van der Waals surface area (Å²) in [6, 6.07) is 4.06. The lowest BCUT2D eigenvalue weighted by molar-refractivity contribution is -0.165. The molecule has 0 bridgehead atoms. The van der Waals surface area contributed by atoms with Crippen LogP contribution in [0.5, 0.6) is 0 Å². The average Bonchev–Trinajstić information content (AvgIpc) is 2.92. The third-order valence-corrected chi connectivity index (χ3v) is 4.67. The lowest BCUT2D eigenvalue weighted by Gasteiger charge is -2.35. The Labute approximate surface area is 121 Å². The molecule has 1 aliphatic rings. The molecule has 1 aromatic rings. The van der Waals surface area contributed by atoms with Gasteiger partial charge in [0.05, 0.1) is 0 Å². The van der Waals surface area contributed by atoms with Crippen LogP contribution in [-0.4, -0.2) is 45.7 Å². The maximum atomic E-state index is 12.0. The van der Waals surface area contributed by atoms with Crippen LogP contribution < -0.4 is 0 Å². The van der Waals surface area contributed by atoms with E-state index in [9.17, 15) is 14.7 Å². The number of aliphatic hydroxyl groups is 1. The van der Waals surface area contributed by atoms with Crippen LogP contribution >= 0.6 is 11.3 Å². The first-order chi connectivity index (χ1) is 9.51. The highest BCUT2D eigenvalue weighted by atomic mass is 32.1. The Kier molecular flexibility index (Phi) is 4.77. The molecule has 0 atom stereocenters. The molecule has 1 amide bonds. The Hall–Kier alpha value is -1.40. The fourth-order valence-corrected chi connectivity index (χ4v) is 3.12. The number of amides is 1. The van der Waals surface area contributed by atoms with Crippen molar-refractivity contribution in [3.8, 4) is 0 Å². The van der Waals surface area contributed by atoms with Gasteiger partial charge in [0.1, 0.15) is 0 Å². The Morgan fingerprint density at radius 2 is 2.05 bits per heavy atom. The molecule has 1 fully saturated rings. The van der Waals surface area contributed by atoms with Gasteiger partial charge >= 0.3 is 5.97 Å². The summed E-state index contributed by atoms with van der Waals surface area (Å²) in [5.74, 6) is -1.14. The van der Waals surface area contributed by atoms with Gasteiger partial charge in [-0.05, 0) is 24.3 Å². The van der Waals surface area contributed by atoms with E-state index in [-0.39, 0.29) is 18.7 Å². The van der Waals surface area contributed by atoms with Crippen LogP contribution in [0, 0.1) is 0 Å². The SMILES string of the molecule is O=C(CCCc1cccs1)N1CCC(O)(C(=O)O)CC1. The summed E-state index contributed by atoms with van der Waals surface area (Å²) in [7, 11) is 0. The van der Waals surface area contributed by atoms with Crippen molar-refractivity contribution >= 4 is 23.2 Å². The van der Waals surface area contributed by atoms with Gasteiger partial charge < -0.3 is 15.1 Å². The molecule has 1 saturated heterocycles. The van der Waals surface area contributed by atoms with Crippen molar-refractivity contribution in [1.82, 2.24) is 4.90 Å². The van der Waals surface area contributed by atoms with E-state index in [1.165, 1.54) is 4.88 Å². The summed E-state index contributed by atoms with van der Waals surface area (Å²) in [6.45, 7) is 0.640. The maximum absolute atomic E-state index is 12.0. The number of carboxylic acids is 1. The summed E-state index contributed by atoms with van der Waals surface area (Å²) in [6.07, 6.45) is 2.40. The van der Waals surface area contributed by atoms with Gasteiger partial charge in [-0.2, -0.15) is 0 Å². The molecule has 0 radical (unpaired) electrons. The molecule has 0 aromatic carbocycles. The van der Waals surface area contributed by atoms with Gasteiger partial charge in [0.25, 0.3) is 0 Å². The van der Waals surface area contributed by atoms with E-state index < -0.39 is 11.6 Å². The van der Waals surface area contributed by atoms with Crippen LogP contribution in [0.4, 0.5) is 0 Å². The summed E-state index contributed by atoms with van der Waals surface area (Å²) >= 11 is 1.69. The molecule has 0 unspecified atom stereocenters. The Balaban J connectivity index is 1.73. The smallest absolute Gasteiger partial charge is 0.335 e. The summed E-state index contributed by atoms with van der Waals surface area (Å²) in [4.78, 5) is 25.8. The number of thiophene rings is 1. The fourth-order valence-electron chi connectivity index (χ4n) is 2.37. The van der Waals surface area contributed by atoms with Crippen LogP contribution in [0.1, 0.15) is 30.6 Å². The number of carbonyl (C=O) groups is 2. The molecule has 2 N–H and O–H groups in total. The third-order valence-electron chi connectivity index (χ3n) is 3.74. The van der Waals surface area contributed by atoms with Crippen LogP contribution in [0.3, 0.4) is 0 Å². The van der Waals surface area contributed by atoms with E-state index in [0.29, 0.717) is 19.5 Å². The zero-order valence-electron chi connectivity index (χ0n) is 11.2. The van der Waals surface area contributed by atoms with Crippen molar-refractivity contribution in [2.24, 2.45) is 0 Å². The number of piperidine rings is 1. The fraction of sp³-hybridized carbons (Fsp3) is 0.571. The van der Waals surface area contributed by atoms with Crippen LogP contribution in [0.25, 0.3) is 0 Å². The standard InChI is InChI=1S/C14H19NO4S/c16-12(5-1-3-11-4-2-10-20-11)15-8-6-14(19,7-9-15)13(17)18/h2,4,10,19H,1,3,5-9H2,(H,17,18). The number of carbonyl (C=O) groups excluding carboxylic acids is 1. The molecule has 6 heteroatoms. The number of carboxylic acid groups (broad SMARTS) is 1. The van der Waals surface area contributed by atoms with Gasteiger partial charge in [-0.25, -0.2) is 4.79 Å². The van der Waals surface area contributed by atoms with Crippen molar-refractivity contribution in [3.05, 3.63) is 22.4 Å². The predicted octanol–water partition coefficient (Wildman–Crippen LogP) is 1.51. The van der Waals surface area contributed by atoms with Crippen molar-refractivity contribution in [2.75, 3.05) is 13.1 Å². The van der Waals surface area contributed by atoms with Gasteiger partial charge in [-0.15, -0.1) is 11.3 Å². The number of nitrogens with zero attached hydrogens (tertiary/aromatic N) is 1. The number of hydrogen-bond donors (Lipinski definition) is 2. The quantitative estimate of drug-likeness (QED) is 0.863. The molecule has 2 heterocycles. The lowest BCUT2D eigenvalue weighted by Crippen LogP contribution is -2.50. The maximum Gasteiger partial charge on any atom is 0.335 e. The van der Waals surface area contributed by atoms with Gasteiger partial charge in [0.15, 0.2) is 5.60 Å². The first-order valence-corrected chi connectivity index (χ1v) is 7.65. The topological polar surface area (TPSA) is 77.8 Å². The zero-order valence-corrected chi connectivity index (χ0v) is 12.1. The highest BCUT2D eigenvalue weighted by molar-refractivity contribution is 7.09. The van der Waals surface area contributed by atoms with Gasteiger partial charge in [-0.3, -0.25) is 4.79 Å². The van der Waals surface area contributed by atoms with Crippen molar-refractivity contribution in [2.45, 2.75) is 37.7 Å². The van der Waals surface area contributed by atoms with Crippen LogP contribution in [-0.2, 0) is 16.0 Å². The third kappa shape index (κ3) is 3.58. The second-order valence-electron chi connectivity index (χ2n) is 5.15. The number of hydrogen-bond acceptors (Lipinski definition) is 4. The number of rotatable bonds is 5. The molecule has 2 rings (SSSR count). The monoisotopic (exact) mass is 297 g/mol. The van der Waals surface area contributed by atoms with Crippen molar-refractivity contribution < 1.29 is 19.8 Å². The lowest BCUT2D eigenvalue weighted by atomic mass is 9.91. The van der Waals surface area contributed by atoms with E-state index in [1.807, 2.05) is 11.4 Å². The molecule has 5 nitrogen and oxygen atoms in total. The van der Waals surface area contributed by atoms with E-state index in [0.717, 1.165) is 12.8 Å². The molecular formula is C14H19NO4S. The summed E-state index contributed by atoms with van der Waals surface area (Å²) in [5, 5.41) is 20.8.